The molecule has 0 amide bonds. The van der Waals surface area contributed by atoms with E-state index >= 15 is 0 Å². The van der Waals surface area contributed by atoms with Crippen molar-refractivity contribution < 1.29 is 4.21 Å². The number of aryl methyl sites for hydroxylation is 2. The van der Waals surface area contributed by atoms with E-state index < -0.39 is 10.8 Å². The van der Waals surface area contributed by atoms with Crippen molar-refractivity contribution in [2.24, 2.45) is 0 Å². The van der Waals surface area contributed by atoms with Gasteiger partial charge in [0.15, 0.2) is 5.16 Å². The molecule has 0 unspecified atom stereocenters. The van der Waals surface area contributed by atoms with E-state index in [1.54, 1.807) is 11.8 Å². The number of aromatic nitrogens is 2. The lowest BCUT2D eigenvalue weighted by molar-refractivity contribution is 0.683. The van der Waals surface area contributed by atoms with Gasteiger partial charge in [-0.3, -0.25) is 4.21 Å². The van der Waals surface area contributed by atoms with E-state index in [4.69, 9.17) is 11.6 Å². The molecule has 6 heteroatoms. The first-order valence-corrected chi connectivity index (χ1v) is 9.42. The molecule has 1 aromatic carbocycles. The molecular weight excluding hydrogens is 324 g/mol. The van der Waals surface area contributed by atoms with Gasteiger partial charge in [-0.2, -0.15) is 0 Å². The summed E-state index contributed by atoms with van der Waals surface area (Å²) in [4.78, 5) is 8.73. The van der Waals surface area contributed by atoms with Gasteiger partial charge in [0.25, 0.3) is 0 Å². The monoisotopic (exact) mass is 340 g/mol. The number of rotatable bonds is 6. The Morgan fingerprint density at radius 3 is 2.38 bits per heavy atom. The van der Waals surface area contributed by atoms with Crippen molar-refractivity contribution in [3.8, 4) is 0 Å². The molecule has 0 radical (unpaired) electrons. The quantitative estimate of drug-likeness (QED) is 0.592. The van der Waals surface area contributed by atoms with E-state index in [9.17, 15) is 4.21 Å². The predicted molar refractivity (Wildman–Crippen MR) is 90.4 cm³/mol. The Bertz CT molecular complexity index is 612. The molecule has 2 aromatic rings. The van der Waals surface area contributed by atoms with Gasteiger partial charge < -0.3 is 0 Å². The second kappa shape index (κ2) is 7.92. The van der Waals surface area contributed by atoms with Crippen molar-refractivity contribution in [3.63, 3.8) is 0 Å². The van der Waals surface area contributed by atoms with Crippen LogP contribution in [0.5, 0.6) is 0 Å². The van der Waals surface area contributed by atoms with Gasteiger partial charge in [0.05, 0.1) is 0 Å². The molecular formula is C15H17ClN2OS2. The number of thioether (sulfide) groups is 1. The van der Waals surface area contributed by atoms with E-state index in [-0.39, 0.29) is 0 Å². The van der Waals surface area contributed by atoms with Crippen LogP contribution in [0.15, 0.2) is 35.5 Å². The summed E-state index contributed by atoms with van der Waals surface area (Å²) in [5.74, 6) is 1.94. The average molecular weight is 341 g/mol. The lowest BCUT2D eigenvalue weighted by atomic mass is 10.2. The maximum Gasteiger partial charge on any atom is 0.188 e. The molecule has 0 saturated carbocycles. The largest absolute Gasteiger partial charge is 0.259 e. The van der Waals surface area contributed by atoms with Crippen LogP contribution in [0.25, 0.3) is 0 Å². The summed E-state index contributed by atoms with van der Waals surface area (Å²) < 4.78 is 12.0. The normalized spacial score (nSPS) is 12.3. The highest BCUT2D eigenvalue weighted by Crippen LogP contribution is 2.15. The van der Waals surface area contributed by atoms with Crippen molar-refractivity contribution >= 4 is 34.2 Å². The Morgan fingerprint density at radius 1 is 1.14 bits per heavy atom. The summed E-state index contributed by atoms with van der Waals surface area (Å²) >= 11 is 7.39. The van der Waals surface area contributed by atoms with Gasteiger partial charge in [-0.15, -0.1) is 0 Å². The van der Waals surface area contributed by atoms with Gasteiger partial charge in [-0.05, 0) is 37.6 Å². The van der Waals surface area contributed by atoms with E-state index in [1.807, 2.05) is 44.2 Å². The molecule has 0 bridgehead atoms. The predicted octanol–water partition coefficient (Wildman–Crippen LogP) is 3.79. The van der Waals surface area contributed by atoms with Crippen molar-refractivity contribution in [3.05, 3.63) is 52.3 Å². The van der Waals surface area contributed by atoms with E-state index in [0.29, 0.717) is 16.5 Å². The topological polar surface area (TPSA) is 42.9 Å². The minimum Gasteiger partial charge on any atom is -0.259 e. The highest BCUT2D eigenvalue weighted by Gasteiger charge is 2.05. The molecule has 0 aliphatic rings. The van der Waals surface area contributed by atoms with Crippen LogP contribution < -0.4 is 0 Å². The fourth-order valence-corrected chi connectivity index (χ4v) is 4.33. The third-order valence-electron chi connectivity index (χ3n) is 2.74. The minimum atomic E-state index is -0.881. The molecule has 3 nitrogen and oxygen atoms in total. The van der Waals surface area contributed by atoms with E-state index in [1.165, 1.54) is 0 Å². The zero-order valence-electron chi connectivity index (χ0n) is 12.0. The van der Waals surface area contributed by atoms with Crippen LogP contribution in [0.1, 0.15) is 17.0 Å². The first-order chi connectivity index (χ1) is 10.0. The van der Waals surface area contributed by atoms with Crippen molar-refractivity contribution in [2.75, 3.05) is 11.5 Å². The molecule has 112 valence electrons. The van der Waals surface area contributed by atoms with Crippen LogP contribution in [0.2, 0.25) is 5.02 Å². The number of benzene rings is 1. The molecule has 1 atom stereocenters. The summed E-state index contributed by atoms with van der Waals surface area (Å²) in [6, 6.07) is 9.43. The number of nitrogens with zero attached hydrogens (tertiary/aromatic N) is 2. The molecule has 1 heterocycles. The molecule has 0 aliphatic heterocycles. The third kappa shape index (κ3) is 5.77. The number of halogens is 1. The molecule has 0 aliphatic carbocycles. The van der Waals surface area contributed by atoms with Crippen molar-refractivity contribution in [2.45, 2.75) is 24.8 Å². The molecule has 0 fully saturated rings. The van der Waals surface area contributed by atoms with Gasteiger partial charge in [-0.1, -0.05) is 35.5 Å². The first kappa shape index (κ1) is 16.5. The Morgan fingerprint density at radius 2 is 1.76 bits per heavy atom. The van der Waals surface area contributed by atoms with Gasteiger partial charge in [0.1, 0.15) is 0 Å². The SMILES string of the molecule is Cc1cc(C)nc(SCC[S@](=O)Cc2ccc(Cl)cc2)n1. The lowest BCUT2D eigenvalue weighted by Gasteiger charge is -2.04. The van der Waals surface area contributed by atoms with Gasteiger partial charge in [-0.25, -0.2) is 9.97 Å². The van der Waals surface area contributed by atoms with Gasteiger partial charge in [0.2, 0.25) is 0 Å². The Hall–Kier alpha value is -0.910. The first-order valence-electron chi connectivity index (χ1n) is 6.57. The zero-order valence-corrected chi connectivity index (χ0v) is 14.4. The molecule has 1 aromatic heterocycles. The van der Waals surface area contributed by atoms with Gasteiger partial charge >= 0.3 is 0 Å². The third-order valence-corrected chi connectivity index (χ3v) is 5.42. The highest BCUT2D eigenvalue weighted by molar-refractivity contribution is 8.00. The molecule has 0 spiro atoms. The van der Waals surface area contributed by atoms with E-state index in [0.717, 1.165) is 27.9 Å². The van der Waals surface area contributed by atoms with Crippen LogP contribution in [0.3, 0.4) is 0 Å². The molecule has 21 heavy (non-hydrogen) atoms. The summed E-state index contributed by atoms with van der Waals surface area (Å²) in [6.45, 7) is 3.91. The smallest absolute Gasteiger partial charge is 0.188 e. The maximum atomic E-state index is 12.0. The van der Waals surface area contributed by atoms with Crippen LogP contribution in [-0.4, -0.2) is 25.7 Å². The lowest BCUT2D eigenvalue weighted by Crippen LogP contribution is -2.04. The summed E-state index contributed by atoms with van der Waals surface area (Å²) in [7, 11) is -0.881. The molecule has 0 N–H and O–H groups in total. The van der Waals surface area contributed by atoms with Crippen LogP contribution in [0, 0.1) is 13.8 Å². The summed E-state index contributed by atoms with van der Waals surface area (Å²) in [5.41, 5.74) is 2.98. The highest BCUT2D eigenvalue weighted by atomic mass is 35.5. The fourth-order valence-electron chi connectivity index (χ4n) is 1.82. The fraction of sp³-hybridized carbons (Fsp3) is 0.333. The second-order valence-corrected chi connectivity index (χ2v) is 7.77. The Kier molecular flexibility index (Phi) is 6.21. The second-order valence-electron chi connectivity index (χ2n) is 4.70. The summed E-state index contributed by atoms with van der Waals surface area (Å²) in [5, 5.41) is 1.46. The molecule has 0 saturated heterocycles. The van der Waals surface area contributed by atoms with Crippen LogP contribution in [0.4, 0.5) is 0 Å². The standard InChI is InChI=1S/C15H17ClN2OS2/c1-11-9-12(2)18-15(17-11)20-7-8-21(19)10-13-3-5-14(16)6-4-13/h3-6,9H,7-8,10H2,1-2H3/t21-/m0/s1. The van der Waals surface area contributed by atoms with Gasteiger partial charge in [0, 0.05) is 44.5 Å². The summed E-state index contributed by atoms with van der Waals surface area (Å²) in [6.07, 6.45) is 0. The Balaban J connectivity index is 1.80. The minimum absolute atomic E-state index is 0.561. The Labute approximate surface area is 137 Å². The molecule has 2 rings (SSSR count). The van der Waals surface area contributed by atoms with Crippen LogP contribution in [-0.2, 0) is 16.6 Å². The average Bonchev–Trinajstić information content (AvgIpc) is 2.40. The number of hydrogen-bond donors (Lipinski definition) is 0. The maximum absolute atomic E-state index is 12.0. The van der Waals surface area contributed by atoms with Crippen molar-refractivity contribution in [1.82, 2.24) is 9.97 Å². The van der Waals surface area contributed by atoms with Crippen molar-refractivity contribution in [1.29, 1.82) is 0 Å². The van der Waals surface area contributed by atoms with Crippen LogP contribution >= 0.6 is 23.4 Å². The van der Waals surface area contributed by atoms with E-state index in [2.05, 4.69) is 9.97 Å². The number of hydrogen-bond acceptors (Lipinski definition) is 4. The zero-order chi connectivity index (χ0) is 15.2.